The van der Waals surface area contributed by atoms with E-state index in [1.165, 1.54) is 0 Å². The third kappa shape index (κ3) is 21.9. The number of carboxylic acid groups (broad SMARTS) is 4. The summed E-state index contributed by atoms with van der Waals surface area (Å²) in [5, 5.41) is 52.5. The van der Waals surface area contributed by atoms with E-state index in [9.17, 15) is 89.6 Å². The van der Waals surface area contributed by atoms with Gasteiger partial charge in [-0.15, -0.1) is 0 Å². The monoisotopic (exact) mass is 1220 g/mol. The molecule has 5 amide bonds. The maximum Gasteiger partial charge on any atom is 0.339 e. The summed E-state index contributed by atoms with van der Waals surface area (Å²) in [6.07, 6.45) is 0.540. The number of benzene rings is 1. The Morgan fingerprint density at radius 2 is 1.32 bits per heavy atom. The van der Waals surface area contributed by atoms with E-state index in [0.717, 1.165) is 33.1 Å². The molecule has 0 bridgehead atoms. The molecule has 2 rings (SSSR count). The highest BCUT2D eigenvalue weighted by Crippen LogP contribution is 2.37. The molecule has 1 aromatic rings. The number of anilines is 1. The average Bonchev–Trinajstić information content (AvgIpc) is 3.04. The highest BCUT2D eigenvalue weighted by Gasteiger charge is 2.51. The van der Waals surface area contributed by atoms with Gasteiger partial charge in [0.15, 0.2) is 55.5 Å². The maximum absolute atomic E-state index is 15.7. The molecule has 0 aromatic heterocycles. The number of hydrogen-bond donors (Lipinski definition) is 14. The van der Waals surface area contributed by atoms with Crippen LogP contribution >= 0.6 is 0 Å². The number of amides is 5. The Kier molecular flexibility index (Phi) is 27.9. The number of nitrogens with zero attached hydrogens (tertiary/aromatic N) is 2. The summed E-state index contributed by atoms with van der Waals surface area (Å²) >= 11 is 0. The van der Waals surface area contributed by atoms with E-state index in [2.05, 4.69) is 20.9 Å². The van der Waals surface area contributed by atoms with E-state index in [0.29, 0.717) is 25.7 Å². The molecule has 19 N–H and O–H groups in total. The predicted molar refractivity (Wildman–Crippen MR) is 276 cm³/mol. The second kappa shape index (κ2) is 32.4. The second-order valence-electron chi connectivity index (χ2n) is 18.7. The molecule has 37 heteroatoms. The lowest BCUT2D eigenvalue weighted by Crippen LogP contribution is -2.68. The number of carboxylic acids is 4. The molecule has 1 saturated carbocycles. The van der Waals surface area contributed by atoms with Gasteiger partial charge >= 0.3 is 23.9 Å². The van der Waals surface area contributed by atoms with Crippen LogP contribution in [0.4, 0.5) is 18.9 Å². The van der Waals surface area contributed by atoms with Gasteiger partial charge in [-0.05, 0) is 33.1 Å². The number of ketones is 1. The fourth-order valence-electron chi connectivity index (χ4n) is 7.90. The minimum Gasteiger partial charge on any atom is -0.481 e. The van der Waals surface area contributed by atoms with Gasteiger partial charge in [-0.25, -0.2) is 44.9 Å². The van der Waals surface area contributed by atoms with Crippen LogP contribution < -0.4 is 54.8 Å². The largest absolute Gasteiger partial charge is 0.481 e. The number of Topliss-reactive ketones (excluding diaryl/α,β-unsaturated/α-hetero) is 1. The molecule has 1 fully saturated rings. The van der Waals surface area contributed by atoms with E-state index in [1.54, 1.807) is 0 Å². The van der Waals surface area contributed by atoms with E-state index >= 15 is 8.78 Å². The van der Waals surface area contributed by atoms with Crippen LogP contribution in [0.3, 0.4) is 0 Å². The van der Waals surface area contributed by atoms with Gasteiger partial charge in [0.05, 0.1) is 56.2 Å². The highest BCUT2D eigenvalue weighted by atomic mass is 32.2. The molecule has 462 valence electrons. The number of nitrogens with one attached hydrogen (secondary N) is 5. The third-order valence-electron chi connectivity index (χ3n) is 12.3. The van der Waals surface area contributed by atoms with Crippen LogP contribution in [-0.4, -0.2) is 183 Å². The van der Waals surface area contributed by atoms with E-state index in [4.69, 9.17) is 37.5 Å². The molecule has 82 heavy (non-hydrogen) atoms. The SMILES string of the molecule is CC(NC(=O)CCOCCOCCNC(=O)CCS(=O)(=O)c1c(F)c(F)c(S(N)(=O)=O)c(F)c1NC1CCCCCCC1)C(=O)NN(C(=O)CC(CCN=C(N)N)C(=O)O)C(C)C(=O)N[C@@H](CC(=O)O)C(=O)C(C(=O)O)C(N)(N)C(=O)O. The van der Waals surface area contributed by atoms with Crippen molar-refractivity contribution < 1.29 is 108 Å². The number of sulfone groups is 1. The van der Waals surface area contributed by atoms with Crippen LogP contribution in [-0.2, 0) is 77.3 Å². The summed E-state index contributed by atoms with van der Waals surface area (Å²) < 4.78 is 108. The number of sulfonamides is 1. The number of hydrogen-bond acceptors (Lipinski definition) is 20. The summed E-state index contributed by atoms with van der Waals surface area (Å²) in [4.78, 5) is 127. The number of primary sulfonamides is 1. The molecule has 0 radical (unpaired) electrons. The number of halogens is 3. The molecule has 1 aliphatic carbocycles. The first-order valence-corrected chi connectivity index (χ1v) is 28.2. The van der Waals surface area contributed by atoms with E-state index < -0.39 is 191 Å². The summed E-state index contributed by atoms with van der Waals surface area (Å²) in [6.45, 7) is 0.734. The number of carbonyl (C=O) groups excluding carboxylic acids is 6. The second-order valence-corrected chi connectivity index (χ2v) is 22.3. The van der Waals surface area contributed by atoms with Gasteiger partial charge in [0, 0.05) is 38.4 Å². The molecule has 0 saturated heterocycles. The van der Waals surface area contributed by atoms with Gasteiger partial charge in [0.2, 0.25) is 33.7 Å². The fraction of sp³-hybridized carbons (Fsp3) is 0.622. The first kappa shape index (κ1) is 70.8. The smallest absolute Gasteiger partial charge is 0.339 e. The Labute approximate surface area is 467 Å². The lowest BCUT2D eigenvalue weighted by molar-refractivity contribution is -0.160. The number of hydrazine groups is 1. The minimum absolute atomic E-state index is 0.131. The number of rotatable bonds is 34. The van der Waals surface area contributed by atoms with Gasteiger partial charge < -0.3 is 74.1 Å². The third-order valence-corrected chi connectivity index (χ3v) is 15.0. The number of aliphatic imine (C=N–C) groups is 1. The number of carbonyl (C=O) groups is 10. The standard InChI is InChI=1S/C45H69F3N12O20S2/c1-22(39(67)59-60(29(63)20-24(41(69)70)10-13-55-44(49)50)23(2)40(68)58-26(21-30(64)65)36(66)31(42(71)72)45(51,52)43(73)74)56-28(62)11-15-79-17-18-80-16-14-54-27(61)12-19-81(75,76)38-33(47)32(46)37(82(53,77)78)34(48)35(38)57-25-8-6-4-3-5-7-9-25/h22-26,31,57H,3-21,51-52H2,1-2H3,(H,54,61)(H,56,62)(H,58,68)(H,59,67)(H,64,65)(H,69,70)(H,71,72)(H,73,74)(H4,49,50,55)(H2,53,77,78)/t22?,23?,24?,26-,31?/m0/s1. The van der Waals surface area contributed by atoms with Crippen LogP contribution in [0.2, 0.25) is 0 Å². The molecule has 0 aliphatic heterocycles. The van der Waals surface area contributed by atoms with Crippen molar-refractivity contribution >= 4 is 90.7 Å². The van der Waals surface area contributed by atoms with Crippen LogP contribution in [0, 0.1) is 29.3 Å². The van der Waals surface area contributed by atoms with Crippen molar-refractivity contribution in [1.29, 1.82) is 0 Å². The normalized spacial score (nSPS) is 15.1. The van der Waals surface area contributed by atoms with Gasteiger partial charge in [0.25, 0.3) is 5.91 Å². The molecular weight excluding hydrogens is 1150 g/mol. The van der Waals surface area contributed by atoms with Crippen LogP contribution in [0.5, 0.6) is 0 Å². The van der Waals surface area contributed by atoms with Crippen molar-refractivity contribution in [2.24, 2.45) is 44.9 Å². The molecule has 0 spiro atoms. The molecule has 5 atom stereocenters. The van der Waals surface area contributed by atoms with Gasteiger partial charge in [-0.3, -0.25) is 53.6 Å². The molecular formula is C45H69F3N12O20S2. The molecule has 0 heterocycles. The molecule has 1 aromatic carbocycles. The lowest BCUT2D eigenvalue weighted by Gasteiger charge is -2.32. The van der Waals surface area contributed by atoms with Crippen LogP contribution in [0.25, 0.3) is 0 Å². The Bertz CT molecular complexity index is 2780. The van der Waals surface area contributed by atoms with Crippen LogP contribution in [0.15, 0.2) is 14.8 Å². The Morgan fingerprint density at radius 3 is 1.85 bits per heavy atom. The van der Waals surface area contributed by atoms with E-state index in [-0.39, 0.29) is 50.9 Å². The number of nitrogens with two attached hydrogens (primary N) is 5. The summed E-state index contributed by atoms with van der Waals surface area (Å²) in [5.74, 6) is -27.9. The molecule has 4 unspecified atom stereocenters. The predicted octanol–water partition coefficient (Wildman–Crippen LogP) is -3.59. The Hall–Kier alpha value is -7.32. The van der Waals surface area contributed by atoms with Gasteiger partial charge in [-0.2, -0.15) is 0 Å². The van der Waals surface area contributed by atoms with Crippen molar-refractivity contribution in [2.75, 3.05) is 50.6 Å². The summed E-state index contributed by atoms with van der Waals surface area (Å²) in [6, 6.07) is -6.58. The first-order valence-electron chi connectivity index (χ1n) is 25.0. The van der Waals surface area contributed by atoms with Crippen molar-refractivity contribution in [3.05, 3.63) is 17.5 Å². The van der Waals surface area contributed by atoms with Crippen molar-refractivity contribution in [3.8, 4) is 0 Å². The molecule has 32 nitrogen and oxygen atoms in total. The average molecular weight is 1220 g/mol. The Balaban J connectivity index is 2.04. The fourth-order valence-corrected chi connectivity index (χ4v) is 10.1. The number of guanidine groups is 1. The highest BCUT2D eigenvalue weighted by molar-refractivity contribution is 7.91. The number of aliphatic carboxylic acids is 4. The molecule has 1 aliphatic rings. The van der Waals surface area contributed by atoms with Crippen molar-refractivity contribution in [3.63, 3.8) is 0 Å². The number of ether oxygens (including phenoxy) is 2. The topological polar surface area (TPSA) is 544 Å². The zero-order valence-corrected chi connectivity index (χ0v) is 46.1. The summed E-state index contributed by atoms with van der Waals surface area (Å²) in [7, 11) is -10.2. The van der Waals surface area contributed by atoms with Crippen molar-refractivity contribution in [1.82, 2.24) is 26.4 Å². The zero-order chi connectivity index (χ0) is 62.4. The lowest BCUT2D eigenvalue weighted by atomic mass is 9.85. The zero-order valence-electron chi connectivity index (χ0n) is 44.5. The minimum atomic E-state index is -5.22. The van der Waals surface area contributed by atoms with Gasteiger partial charge in [0.1, 0.15) is 17.0 Å². The van der Waals surface area contributed by atoms with E-state index in [1.807, 2.05) is 10.7 Å². The quantitative estimate of drug-likeness (QED) is 0.00603. The summed E-state index contributed by atoms with van der Waals surface area (Å²) in [5.41, 5.74) is 18.9. The Morgan fingerprint density at radius 1 is 0.744 bits per heavy atom. The van der Waals surface area contributed by atoms with Crippen LogP contribution in [0.1, 0.15) is 90.9 Å². The van der Waals surface area contributed by atoms with Gasteiger partial charge in [-0.1, -0.05) is 32.1 Å². The van der Waals surface area contributed by atoms with Crippen molar-refractivity contribution in [2.45, 2.75) is 131 Å². The first-order chi connectivity index (χ1) is 38.1. The maximum atomic E-state index is 15.7.